The second-order valence-electron chi connectivity index (χ2n) is 4.25. The Kier molecular flexibility index (Phi) is 6.41. The van der Waals surface area contributed by atoms with Gasteiger partial charge in [-0.2, -0.15) is 11.8 Å². The minimum atomic E-state index is -0.0885. The SMILES string of the molecule is CSCCC(C)N(C)C(=O)c1cc(Cl)nc(NN)c1. The first kappa shape index (κ1) is 16.1. The summed E-state index contributed by atoms with van der Waals surface area (Å²) >= 11 is 7.63. The van der Waals surface area contributed by atoms with E-state index in [0.29, 0.717) is 11.4 Å². The van der Waals surface area contributed by atoms with Gasteiger partial charge in [-0.1, -0.05) is 11.6 Å². The fraction of sp³-hybridized carbons (Fsp3) is 0.500. The zero-order valence-corrected chi connectivity index (χ0v) is 12.9. The second-order valence-corrected chi connectivity index (χ2v) is 5.63. The number of hydrogen-bond donors (Lipinski definition) is 2. The average molecular weight is 303 g/mol. The van der Waals surface area contributed by atoms with Gasteiger partial charge in [0, 0.05) is 18.7 Å². The van der Waals surface area contributed by atoms with Gasteiger partial charge < -0.3 is 10.3 Å². The van der Waals surface area contributed by atoms with Crippen LogP contribution in [-0.4, -0.2) is 40.9 Å². The van der Waals surface area contributed by atoms with Gasteiger partial charge in [0.2, 0.25) is 0 Å². The normalized spacial score (nSPS) is 12.1. The van der Waals surface area contributed by atoms with Gasteiger partial charge in [-0.3, -0.25) is 4.79 Å². The molecular weight excluding hydrogens is 284 g/mol. The van der Waals surface area contributed by atoms with Crippen LogP contribution in [0.3, 0.4) is 0 Å². The summed E-state index contributed by atoms with van der Waals surface area (Å²) < 4.78 is 0. The van der Waals surface area contributed by atoms with E-state index in [1.54, 1.807) is 35.8 Å². The minimum Gasteiger partial charge on any atom is -0.339 e. The van der Waals surface area contributed by atoms with Crippen LogP contribution in [0.25, 0.3) is 0 Å². The Morgan fingerprint density at radius 1 is 1.63 bits per heavy atom. The van der Waals surface area contributed by atoms with Crippen LogP contribution in [0.4, 0.5) is 5.82 Å². The minimum absolute atomic E-state index is 0.0885. The number of hydrazine groups is 1. The number of nitrogen functional groups attached to an aromatic ring is 1. The molecule has 0 aliphatic heterocycles. The first-order chi connectivity index (χ1) is 8.99. The number of halogens is 1. The largest absolute Gasteiger partial charge is 0.339 e. The number of anilines is 1. The van der Waals surface area contributed by atoms with Crippen LogP contribution < -0.4 is 11.3 Å². The highest BCUT2D eigenvalue weighted by Gasteiger charge is 2.18. The van der Waals surface area contributed by atoms with E-state index >= 15 is 0 Å². The van der Waals surface area contributed by atoms with Gasteiger partial charge >= 0.3 is 0 Å². The summed E-state index contributed by atoms with van der Waals surface area (Å²) in [5.41, 5.74) is 2.87. The summed E-state index contributed by atoms with van der Waals surface area (Å²) in [4.78, 5) is 18.0. The molecule has 1 amide bonds. The van der Waals surface area contributed by atoms with Crippen molar-refractivity contribution in [2.45, 2.75) is 19.4 Å². The highest BCUT2D eigenvalue weighted by atomic mass is 35.5. The fourth-order valence-electron chi connectivity index (χ4n) is 1.58. The number of rotatable bonds is 6. The zero-order chi connectivity index (χ0) is 14.4. The van der Waals surface area contributed by atoms with E-state index in [4.69, 9.17) is 17.4 Å². The van der Waals surface area contributed by atoms with Gasteiger partial charge in [0.25, 0.3) is 5.91 Å². The summed E-state index contributed by atoms with van der Waals surface area (Å²) in [5.74, 6) is 6.60. The van der Waals surface area contributed by atoms with Gasteiger partial charge in [-0.25, -0.2) is 10.8 Å². The van der Waals surface area contributed by atoms with E-state index in [1.165, 1.54) is 0 Å². The van der Waals surface area contributed by atoms with Crippen LogP contribution in [0, 0.1) is 0 Å². The number of aromatic nitrogens is 1. The van der Waals surface area contributed by atoms with Crippen molar-refractivity contribution in [2.75, 3.05) is 24.5 Å². The van der Waals surface area contributed by atoms with Crippen molar-refractivity contribution in [1.29, 1.82) is 0 Å². The molecule has 0 saturated carbocycles. The number of carbonyl (C=O) groups is 1. The summed E-state index contributed by atoms with van der Waals surface area (Å²) in [6.07, 6.45) is 3.00. The molecule has 1 rings (SSSR count). The highest BCUT2D eigenvalue weighted by Crippen LogP contribution is 2.17. The molecule has 0 spiro atoms. The van der Waals surface area contributed by atoms with Gasteiger partial charge in [-0.05, 0) is 37.5 Å². The van der Waals surface area contributed by atoms with Crippen molar-refractivity contribution < 1.29 is 4.79 Å². The van der Waals surface area contributed by atoms with E-state index in [2.05, 4.69) is 16.7 Å². The molecule has 7 heteroatoms. The number of hydrogen-bond acceptors (Lipinski definition) is 5. The lowest BCUT2D eigenvalue weighted by Gasteiger charge is -2.25. The molecule has 1 unspecified atom stereocenters. The van der Waals surface area contributed by atoms with Crippen LogP contribution in [0.1, 0.15) is 23.7 Å². The van der Waals surface area contributed by atoms with Gasteiger partial charge in [-0.15, -0.1) is 0 Å². The zero-order valence-electron chi connectivity index (χ0n) is 11.3. The van der Waals surface area contributed by atoms with E-state index < -0.39 is 0 Å². The predicted molar refractivity (Wildman–Crippen MR) is 81.6 cm³/mol. The molecule has 3 N–H and O–H groups in total. The Balaban J connectivity index is 2.84. The Morgan fingerprint density at radius 2 is 2.32 bits per heavy atom. The highest BCUT2D eigenvalue weighted by molar-refractivity contribution is 7.98. The van der Waals surface area contributed by atoms with E-state index in [9.17, 15) is 4.79 Å². The van der Waals surface area contributed by atoms with E-state index in [0.717, 1.165) is 12.2 Å². The molecule has 0 saturated heterocycles. The molecule has 1 aromatic heterocycles. The van der Waals surface area contributed by atoms with Crippen molar-refractivity contribution in [3.8, 4) is 0 Å². The molecular formula is C12H19ClN4OS. The molecule has 19 heavy (non-hydrogen) atoms. The summed E-state index contributed by atoms with van der Waals surface area (Å²) in [6.45, 7) is 2.03. The Labute approximate surface area is 122 Å². The molecule has 0 radical (unpaired) electrons. The summed E-state index contributed by atoms with van der Waals surface area (Å²) in [6, 6.07) is 3.30. The van der Waals surface area contributed by atoms with Crippen molar-refractivity contribution in [3.05, 3.63) is 22.8 Å². The lowest BCUT2D eigenvalue weighted by molar-refractivity contribution is 0.0741. The molecule has 0 aliphatic rings. The van der Waals surface area contributed by atoms with Gasteiger partial charge in [0.1, 0.15) is 11.0 Å². The number of nitrogens with two attached hydrogens (primary N) is 1. The van der Waals surface area contributed by atoms with Crippen LogP contribution in [0.15, 0.2) is 12.1 Å². The molecule has 0 bridgehead atoms. The second kappa shape index (κ2) is 7.57. The summed E-state index contributed by atoms with van der Waals surface area (Å²) in [7, 11) is 1.79. The molecule has 0 aromatic carbocycles. The third-order valence-corrected chi connectivity index (χ3v) is 3.75. The van der Waals surface area contributed by atoms with Gasteiger partial charge in [0.15, 0.2) is 0 Å². The Morgan fingerprint density at radius 3 is 2.89 bits per heavy atom. The van der Waals surface area contributed by atoms with E-state index in [1.807, 2.05) is 6.92 Å². The number of nitrogens with zero attached hydrogens (tertiary/aromatic N) is 2. The number of carbonyl (C=O) groups excluding carboxylic acids is 1. The lowest BCUT2D eigenvalue weighted by Crippen LogP contribution is -2.35. The molecule has 1 heterocycles. The quantitative estimate of drug-likeness (QED) is 0.479. The predicted octanol–water partition coefficient (Wildman–Crippen LogP) is 2.23. The number of thioether (sulfide) groups is 1. The fourth-order valence-corrected chi connectivity index (χ4v) is 2.37. The lowest BCUT2D eigenvalue weighted by atomic mass is 10.2. The van der Waals surface area contributed by atoms with Crippen molar-refractivity contribution in [1.82, 2.24) is 9.88 Å². The monoisotopic (exact) mass is 302 g/mol. The molecule has 0 aliphatic carbocycles. The molecule has 1 aromatic rings. The number of nitrogens with one attached hydrogen (secondary N) is 1. The van der Waals surface area contributed by atoms with Crippen LogP contribution in [0.5, 0.6) is 0 Å². The van der Waals surface area contributed by atoms with Crippen molar-refractivity contribution in [3.63, 3.8) is 0 Å². The van der Waals surface area contributed by atoms with Crippen molar-refractivity contribution in [2.24, 2.45) is 5.84 Å². The van der Waals surface area contributed by atoms with Crippen LogP contribution in [-0.2, 0) is 0 Å². The number of pyridine rings is 1. The molecule has 0 fully saturated rings. The summed E-state index contributed by atoms with van der Waals surface area (Å²) in [5, 5.41) is 0.240. The smallest absolute Gasteiger partial charge is 0.254 e. The van der Waals surface area contributed by atoms with Crippen molar-refractivity contribution >= 4 is 35.1 Å². The molecule has 1 atom stereocenters. The first-order valence-electron chi connectivity index (χ1n) is 5.90. The van der Waals surface area contributed by atoms with Crippen LogP contribution in [0.2, 0.25) is 5.15 Å². The van der Waals surface area contributed by atoms with Gasteiger partial charge in [0.05, 0.1) is 0 Å². The Hall–Kier alpha value is -0.980. The topological polar surface area (TPSA) is 71.2 Å². The maximum Gasteiger partial charge on any atom is 0.254 e. The third-order valence-electron chi connectivity index (χ3n) is 2.91. The first-order valence-corrected chi connectivity index (χ1v) is 7.67. The number of amides is 1. The third kappa shape index (κ3) is 4.56. The average Bonchev–Trinajstić information content (AvgIpc) is 2.42. The molecule has 5 nitrogen and oxygen atoms in total. The maximum atomic E-state index is 12.3. The van der Waals surface area contributed by atoms with E-state index in [-0.39, 0.29) is 17.1 Å². The maximum absolute atomic E-state index is 12.3. The Bertz CT molecular complexity index is 444. The van der Waals surface area contributed by atoms with Crippen LogP contribution >= 0.6 is 23.4 Å². The molecule has 106 valence electrons. The standard InChI is InChI=1S/C12H19ClN4OS/c1-8(4-5-19-3)17(2)12(18)9-6-10(13)15-11(7-9)16-14/h6-8H,4-5,14H2,1-3H3,(H,15,16).